The van der Waals surface area contributed by atoms with Crippen molar-refractivity contribution in [1.82, 2.24) is 5.32 Å². The van der Waals surface area contributed by atoms with E-state index < -0.39 is 5.76 Å². The van der Waals surface area contributed by atoms with Crippen LogP contribution < -0.4 is 5.32 Å². The third-order valence-electron chi connectivity index (χ3n) is 2.56. The maximum absolute atomic E-state index is 12.0. The van der Waals surface area contributed by atoms with Gasteiger partial charge >= 0.3 is 0 Å². The number of alkyl halides is 2. The molecule has 0 aromatic carbocycles. The minimum Gasteiger partial charge on any atom is -0.464 e. The summed E-state index contributed by atoms with van der Waals surface area (Å²) in [6.45, 7) is 0.685. The van der Waals surface area contributed by atoms with Crippen molar-refractivity contribution in [3.63, 3.8) is 0 Å². The Hall–Kier alpha value is -0.200. The molecule has 1 unspecified atom stereocenters. The van der Waals surface area contributed by atoms with Crippen LogP contribution in [0.25, 0.3) is 0 Å². The molecule has 0 amide bonds. The Morgan fingerprint density at radius 2 is 2.29 bits per heavy atom. The molecule has 2 rings (SSSR count). The molecule has 1 atom stereocenters. The highest BCUT2D eigenvalue weighted by Crippen LogP contribution is 2.22. The average Bonchev–Trinajstić information content (AvgIpc) is 2.95. The lowest BCUT2D eigenvalue weighted by atomic mass is 10.2. The SMILES string of the molecule is FC(F)SCc1ccc(CNC2CCSC2)o1. The summed E-state index contributed by atoms with van der Waals surface area (Å²) < 4.78 is 29.4. The minimum absolute atomic E-state index is 0.233. The van der Waals surface area contributed by atoms with E-state index in [0.29, 0.717) is 30.1 Å². The van der Waals surface area contributed by atoms with Crippen LogP contribution in [0.5, 0.6) is 0 Å². The van der Waals surface area contributed by atoms with Gasteiger partial charge < -0.3 is 9.73 Å². The van der Waals surface area contributed by atoms with Crippen molar-refractivity contribution in [2.24, 2.45) is 0 Å². The topological polar surface area (TPSA) is 25.2 Å². The van der Waals surface area contributed by atoms with Gasteiger partial charge in [-0.25, -0.2) is 0 Å². The highest BCUT2D eigenvalue weighted by Gasteiger charge is 2.15. The first-order valence-corrected chi connectivity index (χ1v) is 7.73. The zero-order chi connectivity index (χ0) is 12.1. The van der Waals surface area contributed by atoms with Crippen molar-refractivity contribution < 1.29 is 13.2 Å². The van der Waals surface area contributed by atoms with Gasteiger partial charge in [-0.1, -0.05) is 11.8 Å². The summed E-state index contributed by atoms with van der Waals surface area (Å²) in [6.07, 6.45) is 1.19. The maximum atomic E-state index is 12.0. The molecule has 2 nitrogen and oxygen atoms in total. The fraction of sp³-hybridized carbons (Fsp3) is 0.636. The molecule has 0 saturated carbocycles. The Morgan fingerprint density at radius 3 is 3.00 bits per heavy atom. The summed E-state index contributed by atoms with van der Waals surface area (Å²) in [5.74, 6) is 1.70. The van der Waals surface area contributed by atoms with E-state index in [2.05, 4.69) is 5.32 Å². The predicted octanol–water partition coefficient (Wildman–Crippen LogP) is 3.33. The van der Waals surface area contributed by atoms with Gasteiger partial charge in [0.1, 0.15) is 11.5 Å². The van der Waals surface area contributed by atoms with Crippen LogP contribution in [-0.4, -0.2) is 23.3 Å². The summed E-state index contributed by atoms with van der Waals surface area (Å²) in [4.78, 5) is 0. The lowest BCUT2D eigenvalue weighted by Gasteiger charge is -2.08. The third kappa shape index (κ3) is 4.52. The first-order chi connectivity index (χ1) is 8.24. The number of halogens is 2. The van der Waals surface area contributed by atoms with Gasteiger partial charge in [0.15, 0.2) is 0 Å². The molecule has 17 heavy (non-hydrogen) atoms. The zero-order valence-electron chi connectivity index (χ0n) is 9.33. The van der Waals surface area contributed by atoms with Crippen molar-refractivity contribution in [2.75, 3.05) is 11.5 Å². The number of furan rings is 1. The Bertz CT molecular complexity index is 340. The lowest BCUT2D eigenvalue weighted by Crippen LogP contribution is -2.27. The lowest BCUT2D eigenvalue weighted by molar-refractivity contribution is 0.251. The monoisotopic (exact) mass is 279 g/mol. The van der Waals surface area contributed by atoms with Crippen molar-refractivity contribution in [1.29, 1.82) is 0 Å². The molecule has 0 aliphatic carbocycles. The largest absolute Gasteiger partial charge is 0.464 e. The van der Waals surface area contributed by atoms with E-state index >= 15 is 0 Å². The predicted molar refractivity (Wildman–Crippen MR) is 68.6 cm³/mol. The van der Waals surface area contributed by atoms with E-state index in [1.165, 1.54) is 12.2 Å². The third-order valence-corrected chi connectivity index (χ3v) is 4.43. The molecule has 1 saturated heterocycles. The van der Waals surface area contributed by atoms with Gasteiger partial charge in [-0.05, 0) is 24.3 Å². The Kier molecular flexibility index (Phi) is 5.18. The fourth-order valence-electron chi connectivity index (χ4n) is 1.68. The molecule has 1 aromatic heterocycles. The van der Waals surface area contributed by atoms with Gasteiger partial charge in [0.25, 0.3) is 5.76 Å². The first kappa shape index (κ1) is 13.2. The molecule has 6 heteroatoms. The van der Waals surface area contributed by atoms with Gasteiger partial charge in [0.05, 0.1) is 12.3 Å². The van der Waals surface area contributed by atoms with E-state index in [-0.39, 0.29) is 5.75 Å². The second-order valence-corrected chi connectivity index (χ2v) is 6.01. The maximum Gasteiger partial charge on any atom is 0.284 e. The minimum atomic E-state index is -2.34. The van der Waals surface area contributed by atoms with E-state index in [4.69, 9.17) is 4.42 Å². The Morgan fingerprint density at radius 1 is 1.47 bits per heavy atom. The van der Waals surface area contributed by atoms with Gasteiger partial charge in [0.2, 0.25) is 0 Å². The number of rotatable bonds is 6. The normalized spacial score (nSPS) is 20.3. The molecule has 1 fully saturated rings. The van der Waals surface area contributed by atoms with Gasteiger partial charge in [-0.15, -0.1) is 0 Å². The summed E-state index contributed by atoms with van der Waals surface area (Å²) in [5.41, 5.74) is 0. The van der Waals surface area contributed by atoms with Gasteiger partial charge in [-0.2, -0.15) is 20.5 Å². The van der Waals surface area contributed by atoms with E-state index in [1.807, 2.05) is 17.8 Å². The van der Waals surface area contributed by atoms with Gasteiger partial charge in [-0.3, -0.25) is 0 Å². The van der Waals surface area contributed by atoms with Crippen molar-refractivity contribution >= 4 is 23.5 Å². The van der Waals surface area contributed by atoms with Crippen LogP contribution in [0.4, 0.5) is 8.78 Å². The van der Waals surface area contributed by atoms with Gasteiger partial charge in [0, 0.05) is 11.8 Å². The van der Waals surface area contributed by atoms with Crippen LogP contribution in [-0.2, 0) is 12.3 Å². The molecule has 1 aliphatic heterocycles. The van der Waals surface area contributed by atoms with Crippen molar-refractivity contribution in [3.8, 4) is 0 Å². The van der Waals surface area contributed by atoms with Crippen LogP contribution in [0, 0.1) is 0 Å². The van der Waals surface area contributed by atoms with Crippen LogP contribution in [0.3, 0.4) is 0 Å². The average molecular weight is 279 g/mol. The van der Waals surface area contributed by atoms with Crippen LogP contribution in [0.1, 0.15) is 17.9 Å². The van der Waals surface area contributed by atoms with E-state index in [1.54, 1.807) is 6.07 Å². The summed E-state index contributed by atoms with van der Waals surface area (Å²) in [5, 5.41) is 3.41. The van der Waals surface area contributed by atoms with Crippen LogP contribution in [0.2, 0.25) is 0 Å². The number of thioether (sulfide) groups is 2. The van der Waals surface area contributed by atoms with Crippen LogP contribution in [0.15, 0.2) is 16.5 Å². The molecular weight excluding hydrogens is 264 g/mol. The summed E-state index contributed by atoms with van der Waals surface area (Å²) in [7, 11) is 0. The number of hydrogen-bond donors (Lipinski definition) is 1. The van der Waals surface area contributed by atoms with Crippen LogP contribution >= 0.6 is 23.5 Å². The molecule has 96 valence electrons. The molecule has 0 bridgehead atoms. The number of nitrogens with one attached hydrogen (secondary N) is 1. The highest BCUT2D eigenvalue weighted by molar-refractivity contribution is 7.99. The fourth-order valence-corrected chi connectivity index (χ4v) is 3.31. The Balaban J connectivity index is 1.73. The van der Waals surface area contributed by atoms with Crippen molar-refractivity contribution in [3.05, 3.63) is 23.7 Å². The molecule has 1 N–H and O–H groups in total. The summed E-state index contributed by atoms with van der Waals surface area (Å²) >= 11 is 2.54. The number of hydrogen-bond acceptors (Lipinski definition) is 4. The molecule has 2 heterocycles. The Labute approximate surface area is 108 Å². The molecule has 0 radical (unpaired) electrons. The molecule has 1 aromatic rings. The second kappa shape index (κ2) is 6.66. The molecule has 1 aliphatic rings. The quantitative estimate of drug-likeness (QED) is 0.863. The van der Waals surface area contributed by atoms with E-state index in [0.717, 1.165) is 11.5 Å². The first-order valence-electron chi connectivity index (χ1n) is 5.52. The zero-order valence-corrected chi connectivity index (χ0v) is 11.0. The standard InChI is InChI=1S/C11H15F2NOS2/c12-11(13)17-7-10-2-1-9(15-10)5-14-8-3-4-16-6-8/h1-2,8,11,14H,3-7H2. The second-order valence-electron chi connectivity index (χ2n) is 3.88. The van der Waals surface area contributed by atoms with E-state index in [9.17, 15) is 8.78 Å². The molecular formula is C11H15F2NOS2. The van der Waals surface area contributed by atoms with Crippen molar-refractivity contribution in [2.45, 2.75) is 30.5 Å². The smallest absolute Gasteiger partial charge is 0.284 e. The molecule has 0 spiro atoms. The summed E-state index contributed by atoms with van der Waals surface area (Å²) in [6, 6.07) is 4.19. The highest BCUT2D eigenvalue weighted by atomic mass is 32.2.